The second kappa shape index (κ2) is 7.07. The second-order valence-electron chi connectivity index (χ2n) is 5.53. The van der Waals surface area contributed by atoms with Gasteiger partial charge in [0.25, 0.3) is 0 Å². The van der Waals surface area contributed by atoms with E-state index in [4.69, 9.17) is 16.3 Å². The van der Waals surface area contributed by atoms with Crippen molar-refractivity contribution in [3.8, 4) is 0 Å². The zero-order chi connectivity index (χ0) is 16.3. The summed E-state index contributed by atoms with van der Waals surface area (Å²) in [6, 6.07) is 6.20. The van der Waals surface area contributed by atoms with Gasteiger partial charge in [-0.3, -0.25) is 4.79 Å². The van der Waals surface area contributed by atoms with Gasteiger partial charge in [0.05, 0.1) is 12.1 Å². The van der Waals surface area contributed by atoms with Crippen LogP contribution in [0.2, 0.25) is 5.15 Å². The number of hydrogen-bond acceptors (Lipinski definition) is 3. The first kappa shape index (κ1) is 16.7. The molecule has 118 valence electrons. The highest BCUT2D eigenvalue weighted by molar-refractivity contribution is 6.30. The molecule has 2 aromatic rings. The Morgan fingerprint density at radius 2 is 2.05 bits per heavy atom. The topological polar surface area (TPSA) is 42.4 Å². The fourth-order valence-electron chi connectivity index (χ4n) is 2.54. The summed E-state index contributed by atoms with van der Waals surface area (Å²) < 4.78 is 5.05. The van der Waals surface area contributed by atoms with Gasteiger partial charge in [0.2, 0.25) is 5.91 Å². The Morgan fingerprint density at radius 3 is 2.68 bits per heavy atom. The number of aryl methyl sites for hydroxylation is 2. The maximum Gasteiger partial charge on any atom is 0.219 e. The number of ether oxygens (including phenoxy) is 1. The van der Waals surface area contributed by atoms with Crippen molar-refractivity contribution >= 4 is 28.4 Å². The highest BCUT2D eigenvalue weighted by Crippen LogP contribution is 2.25. The van der Waals surface area contributed by atoms with E-state index in [1.165, 1.54) is 5.56 Å². The van der Waals surface area contributed by atoms with E-state index >= 15 is 0 Å². The van der Waals surface area contributed by atoms with Gasteiger partial charge >= 0.3 is 0 Å². The number of amides is 1. The number of pyridine rings is 1. The van der Waals surface area contributed by atoms with Crippen LogP contribution in [0.4, 0.5) is 0 Å². The molecule has 0 radical (unpaired) electrons. The number of rotatable bonds is 5. The Kier molecular flexibility index (Phi) is 5.37. The van der Waals surface area contributed by atoms with Crippen LogP contribution in [0.1, 0.15) is 23.6 Å². The average Bonchev–Trinajstić information content (AvgIpc) is 2.44. The highest BCUT2D eigenvalue weighted by atomic mass is 35.5. The predicted octanol–water partition coefficient (Wildman–Crippen LogP) is 3.50. The van der Waals surface area contributed by atoms with E-state index in [1.54, 1.807) is 18.9 Å². The van der Waals surface area contributed by atoms with E-state index in [0.29, 0.717) is 24.8 Å². The lowest BCUT2D eigenvalue weighted by Crippen LogP contribution is -2.31. The Morgan fingerprint density at radius 1 is 1.32 bits per heavy atom. The predicted molar refractivity (Wildman–Crippen MR) is 89.2 cm³/mol. The molecule has 0 N–H and O–H groups in total. The van der Waals surface area contributed by atoms with Crippen molar-refractivity contribution in [3.63, 3.8) is 0 Å². The number of benzene rings is 1. The summed E-state index contributed by atoms with van der Waals surface area (Å²) in [5.74, 6) is -0.00589. The molecule has 0 saturated heterocycles. The quantitative estimate of drug-likeness (QED) is 0.792. The minimum absolute atomic E-state index is 0.00589. The molecule has 0 fully saturated rings. The first-order valence-electron chi connectivity index (χ1n) is 7.23. The SMILES string of the molecule is COCCN(Cc1cc2cc(C)cc(C)c2nc1Cl)C(C)=O. The molecule has 1 amide bonds. The van der Waals surface area contributed by atoms with Crippen molar-refractivity contribution in [2.45, 2.75) is 27.3 Å². The third-order valence-corrected chi connectivity index (χ3v) is 3.98. The molecule has 0 spiro atoms. The van der Waals surface area contributed by atoms with Crippen LogP contribution in [0.25, 0.3) is 10.9 Å². The van der Waals surface area contributed by atoms with E-state index in [1.807, 2.05) is 13.0 Å². The third kappa shape index (κ3) is 3.76. The van der Waals surface area contributed by atoms with Crippen LogP contribution in [0.15, 0.2) is 18.2 Å². The van der Waals surface area contributed by atoms with Crippen molar-refractivity contribution < 1.29 is 9.53 Å². The van der Waals surface area contributed by atoms with E-state index in [0.717, 1.165) is 22.0 Å². The van der Waals surface area contributed by atoms with Crippen LogP contribution in [0.3, 0.4) is 0 Å². The van der Waals surface area contributed by atoms with Crippen molar-refractivity contribution in [2.75, 3.05) is 20.3 Å². The lowest BCUT2D eigenvalue weighted by molar-refractivity contribution is -0.130. The van der Waals surface area contributed by atoms with Gasteiger partial charge in [-0.15, -0.1) is 0 Å². The molecule has 0 saturated carbocycles. The van der Waals surface area contributed by atoms with Crippen LogP contribution < -0.4 is 0 Å². The summed E-state index contributed by atoms with van der Waals surface area (Å²) in [5, 5.41) is 1.50. The van der Waals surface area contributed by atoms with E-state index in [-0.39, 0.29) is 5.91 Å². The van der Waals surface area contributed by atoms with E-state index < -0.39 is 0 Å². The van der Waals surface area contributed by atoms with Gasteiger partial charge in [-0.05, 0) is 31.5 Å². The zero-order valence-corrected chi connectivity index (χ0v) is 14.2. The number of methoxy groups -OCH3 is 1. The first-order chi connectivity index (χ1) is 10.4. The number of carbonyl (C=O) groups is 1. The van der Waals surface area contributed by atoms with Crippen LogP contribution in [-0.2, 0) is 16.1 Å². The molecule has 1 aromatic carbocycles. The molecule has 0 aliphatic heterocycles. The van der Waals surface area contributed by atoms with Crippen molar-refractivity contribution in [1.82, 2.24) is 9.88 Å². The molecular formula is C17H21ClN2O2. The first-order valence-corrected chi connectivity index (χ1v) is 7.61. The Balaban J connectivity index is 2.38. The van der Waals surface area contributed by atoms with Gasteiger partial charge in [-0.1, -0.05) is 23.2 Å². The monoisotopic (exact) mass is 320 g/mol. The van der Waals surface area contributed by atoms with Crippen LogP contribution in [-0.4, -0.2) is 36.1 Å². The number of aromatic nitrogens is 1. The minimum Gasteiger partial charge on any atom is -0.383 e. The Labute approximate surface area is 136 Å². The molecule has 1 aromatic heterocycles. The second-order valence-corrected chi connectivity index (χ2v) is 5.88. The van der Waals surface area contributed by atoms with Crippen molar-refractivity contribution in [2.24, 2.45) is 0 Å². The highest BCUT2D eigenvalue weighted by Gasteiger charge is 2.14. The summed E-state index contributed by atoms with van der Waals surface area (Å²) in [4.78, 5) is 18.0. The summed E-state index contributed by atoms with van der Waals surface area (Å²) in [5.41, 5.74) is 4.05. The normalized spacial score (nSPS) is 11.0. The fraction of sp³-hybridized carbons (Fsp3) is 0.412. The van der Waals surface area contributed by atoms with Crippen molar-refractivity contribution in [3.05, 3.63) is 40.0 Å². The molecule has 2 rings (SSSR count). The molecule has 22 heavy (non-hydrogen) atoms. The molecule has 0 bridgehead atoms. The van der Waals surface area contributed by atoms with E-state index in [2.05, 4.69) is 24.0 Å². The lowest BCUT2D eigenvalue weighted by Gasteiger charge is -2.21. The summed E-state index contributed by atoms with van der Waals surface area (Å²) in [6.07, 6.45) is 0. The number of nitrogens with zero attached hydrogens (tertiary/aromatic N) is 2. The smallest absolute Gasteiger partial charge is 0.219 e. The number of halogens is 1. The maximum atomic E-state index is 11.7. The van der Waals surface area contributed by atoms with Gasteiger partial charge in [-0.2, -0.15) is 0 Å². The number of fused-ring (bicyclic) bond motifs is 1. The molecule has 4 nitrogen and oxygen atoms in total. The molecule has 0 aliphatic rings. The zero-order valence-electron chi connectivity index (χ0n) is 13.4. The maximum absolute atomic E-state index is 11.7. The molecule has 0 unspecified atom stereocenters. The largest absolute Gasteiger partial charge is 0.383 e. The average molecular weight is 321 g/mol. The summed E-state index contributed by atoms with van der Waals surface area (Å²) >= 11 is 6.32. The van der Waals surface area contributed by atoms with Gasteiger partial charge in [0.1, 0.15) is 5.15 Å². The number of hydrogen-bond donors (Lipinski definition) is 0. The van der Waals surface area contributed by atoms with E-state index in [9.17, 15) is 4.79 Å². The van der Waals surface area contributed by atoms with Gasteiger partial charge in [-0.25, -0.2) is 4.98 Å². The van der Waals surface area contributed by atoms with Gasteiger partial charge in [0.15, 0.2) is 0 Å². The minimum atomic E-state index is -0.00589. The molecular weight excluding hydrogens is 300 g/mol. The van der Waals surface area contributed by atoms with Gasteiger partial charge < -0.3 is 9.64 Å². The Bertz CT molecular complexity index is 701. The van der Waals surface area contributed by atoms with Crippen LogP contribution in [0.5, 0.6) is 0 Å². The van der Waals surface area contributed by atoms with Crippen LogP contribution >= 0.6 is 11.6 Å². The van der Waals surface area contributed by atoms with Crippen molar-refractivity contribution in [1.29, 1.82) is 0 Å². The lowest BCUT2D eigenvalue weighted by atomic mass is 10.1. The summed E-state index contributed by atoms with van der Waals surface area (Å²) in [6.45, 7) is 7.10. The fourth-order valence-corrected chi connectivity index (χ4v) is 2.74. The molecule has 1 heterocycles. The molecule has 5 heteroatoms. The summed E-state index contributed by atoms with van der Waals surface area (Å²) in [7, 11) is 1.62. The number of carbonyl (C=O) groups excluding carboxylic acids is 1. The standard InChI is InChI=1S/C17H21ClN2O2/c1-11-7-12(2)16-14(8-11)9-15(17(18)19-16)10-20(13(3)21)5-6-22-4/h7-9H,5-6,10H2,1-4H3. The Hall–Kier alpha value is -1.65. The van der Waals surface area contributed by atoms with Crippen LogP contribution in [0, 0.1) is 13.8 Å². The third-order valence-electron chi connectivity index (χ3n) is 3.65. The molecule has 0 aliphatic carbocycles. The molecule has 0 atom stereocenters. The van der Waals surface area contributed by atoms with Gasteiger partial charge in [0, 0.05) is 38.1 Å².